The molecule has 0 rings (SSSR count). The first-order chi connectivity index (χ1) is 7.10. The van der Waals surface area contributed by atoms with E-state index in [1.54, 1.807) is 0 Å². The van der Waals surface area contributed by atoms with Crippen LogP contribution in [0, 0.1) is 11.8 Å². The Hall–Kier alpha value is -0.370. The molecule has 2 heteroatoms. The van der Waals surface area contributed by atoms with Gasteiger partial charge in [0.2, 0.25) is 0 Å². The first-order valence-electron chi connectivity index (χ1n) is 6.31. The molecule has 2 nitrogen and oxygen atoms in total. The third-order valence-electron chi connectivity index (χ3n) is 2.71. The predicted molar refractivity (Wildman–Crippen MR) is 65.8 cm³/mol. The molecular weight excluding hydrogens is 186 g/mol. The summed E-state index contributed by atoms with van der Waals surface area (Å²) >= 11 is 0. The molecule has 0 heterocycles. The smallest absolute Gasteiger partial charge is 0.133 e. The molecule has 0 radical (unpaired) electrons. The van der Waals surface area contributed by atoms with E-state index in [1.807, 2.05) is 0 Å². The van der Waals surface area contributed by atoms with Gasteiger partial charge in [-0.15, -0.1) is 0 Å². The van der Waals surface area contributed by atoms with Crippen molar-refractivity contribution in [3.63, 3.8) is 0 Å². The summed E-state index contributed by atoms with van der Waals surface area (Å²) in [5, 5.41) is 0. The molecule has 0 fully saturated rings. The van der Waals surface area contributed by atoms with Gasteiger partial charge in [-0.2, -0.15) is 0 Å². The number of unbranched alkanes of at least 4 members (excludes halogenated alkanes) is 2. The van der Waals surface area contributed by atoms with Crippen LogP contribution >= 0.6 is 0 Å². The van der Waals surface area contributed by atoms with Crippen molar-refractivity contribution in [2.45, 2.75) is 59.3 Å². The Morgan fingerprint density at radius 1 is 1.27 bits per heavy atom. The molecule has 0 aromatic carbocycles. The highest BCUT2D eigenvalue weighted by molar-refractivity contribution is 5.78. The molecule has 0 spiro atoms. The fourth-order valence-electron chi connectivity index (χ4n) is 1.93. The lowest BCUT2D eigenvalue weighted by Crippen LogP contribution is -2.20. The molecule has 0 aliphatic rings. The molecule has 1 unspecified atom stereocenters. The summed E-state index contributed by atoms with van der Waals surface area (Å²) in [5.74, 6) is 1.45. The van der Waals surface area contributed by atoms with Crippen molar-refractivity contribution >= 4 is 5.78 Å². The second-order valence-corrected chi connectivity index (χ2v) is 4.93. The van der Waals surface area contributed by atoms with E-state index in [-0.39, 0.29) is 0 Å². The summed E-state index contributed by atoms with van der Waals surface area (Å²) in [6.07, 6.45) is 5.92. The van der Waals surface area contributed by atoms with E-state index in [0.29, 0.717) is 30.6 Å². The summed E-state index contributed by atoms with van der Waals surface area (Å²) in [5.41, 5.74) is 5.67. The van der Waals surface area contributed by atoms with E-state index in [4.69, 9.17) is 5.73 Å². The minimum absolute atomic E-state index is 0.402. The van der Waals surface area contributed by atoms with Gasteiger partial charge in [-0.25, -0.2) is 0 Å². The van der Waals surface area contributed by atoms with Gasteiger partial charge in [0, 0.05) is 12.8 Å². The maximum atomic E-state index is 11.6. The number of nitrogens with two attached hydrogens (primary N) is 1. The van der Waals surface area contributed by atoms with Crippen molar-refractivity contribution in [3.05, 3.63) is 0 Å². The molecule has 2 N–H and O–H groups in total. The Balaban J connectivity index is 3.70. The maximum Gasteiger partial charge on any atom is 0.133 e. The minimum atomic E-state index is 0.402. The van der Waals surface area contributed by atoms with E-state index < -0.39 is 0 Å². The Bertz CT molecular complexity index is 166. The van der Waals surface area contributed by atoms with Gasteiger partial charge in [-0.05, 0) is 31.2 Å². The third-order valence-corrected chi connectivity index (χ3v) is 2.71. The van der Waals surface area contributed by atoms with Crippen LogP contribution in [0.5, 0.6) is 0 Å². The Morgan fingerprint density at radius 3 is 2.40 bits per heavy atom. The standard InChI is InChI=1S/C13H27NO/c1-4-5-6-7-13(15)9-12(10-14)8-11(2)3/h11-12H,4-10,14H2,1-3H3. The highest BCUT2D eigenvalue weighted by Crippen LogP contribution is 2.16. The minimum Gasteiger partial charge on any atom is -0.330 e. The topological polar surface area (TPSA) is 43.1 Å². The molecule has 0 amide bonds. The van der Waals surface area contributed by atoms with Crippen LogP contribution in [-0.4, -0.2) is 12.3 Å². The van der Waals surface area contributed by atoms with Crippen LogP contribution in [0.4, 0.5) is 0 Å². The molecule has 0 aliphatic heterocycles. The van der Waals surface area contributed by atoms with E-state index in [0.717, 1.165) is 19.3 Å². The van der Waals surface area contributed by atoms with Crippen LogP contribution in [0.15, 0.2) is 0 Å². The summed E-state index contributed by atoms with van der Waals surface area (Å²) in [6, 6.07) is 0. The van der Waals surface area contributed by atoms with Gasteiger partial charge in [0.25, 0.3) is 0 Å². The van der Waals surface area contributed by atoms with E-state index in [9.17, 15) is 4.79 Å². The van der Waals surface area contributed by atoms with Crippen LogP contribution in [0.2, 0.25) is 0 Å². The van der Waals surface area contributed by atoms with Gasteiger partial charge in [0.15, 0.2) is 0 Å². The van der Waals surface area contributed by atoms with Gasteiger partial charge >= 0.3 is 0 Å². The molecule has 15 heavy (non-hydrogen) atoms. The fraction of sp³-hybridized carbons (Fsp3) is 0.923. The largest absolute Gasteiger partial charge is 0.330 e. The Kier molecular flexibility index (Phi) is 8.68. The van der Waals surface area contributed by atoms with Gasteiger partial charge in [0.1, 0.15) is 5.78 Å². The number of rotatable bonds is 9. The number of carbonyl (C=O) groups excluding carboxylic acids is 1. The van der Waals surface area contributed by atoms with Crippen LogP contribution in [0.3, 0.4) is 0 Å². The molecule has 90 valence electrons. The first-order valence-corrected chi connectivity index (χ1v) is 6.31. The number of carbonyl (C=O) groups is 1. The number of Topliss-reactive ketones (excluding diaryl/α,β-unsaturated/α-hetero) is 1. The van der Waals surface area contributed by atoms with Crippen molar-refractivity contribution in [1.82, 2.24) is 0 Å². The summed E-state index contributed by atoms with van der Waals surface area (Å²) in [7, 11) is 0. The SMILES string of the molecule is CCCCCC(=O)CC(CN)CC(C)C. The van der Waals surface area contributed by atoms with Crippen molar-refractivity contribution in [2.24, 2.45) is 17.6 Å². The average molecular weight is 213 g/mol. The van der Waals surface area contributed by atoms with E-state index >= 15 is 0 Å². The average Bonchev–Trinajstić information content (AvgIpc) is 2.16. The quantitative estimate of drug-likeness (QED) is 0.598. The molecule has 0 bridgehead atoms. The highest BCUT2D eigenvalue weighted by Gasteiger charge is 2.13. The van der Waals surface area contributed by atoms with Crippen LogP contribution in [0.25, 0.3) is 0 Å². The molecule has 0 aliphatic carbocycles. The number of hydrogen-bond donors (Lipinski definition) is 1. The second kappa shape index (κ2) is 8.90. The van der Waals surface area contributed by atoms with Gasteiger partial charge < -0.3 is 5.73 Å². The lowest BCUT2D eigenvalue weighted by molar-refractivity contribution is -0.120. The number of hydrogen-bond acceptors (Lipinski definition) is 2. The van der Waals surface area contributed by atoms with Gasteiger partial charge in [-0.3, -0.25) is 4.79 Å². The van der Waals surface area contributed by atoms with Gasteiger partial charge in [-0.1, -0.05) is 33.6 Å². The van der Waals surface area contributed by atoms with Crippen LogP contribution in [-0.2, 0) is 4.79 Å². The fourth-order valence-corrected chi connectivity index (χ4v) is 1.93. The zero-order valence-electron chi connectivity index (χ0n) is 10.6. The van der Waals surface area contributed by atoms with Crippen LogP contribution in [0.1, 0.15) is 59.3 Å². The molecule has 1 atom stereocenters. The summed E-state index contributed by atoms with van der Waals surface area (Å²) < 4.78 is 0. The van der Waals surface area contributed by atoms with Crippen molar-refractivity contribution < 1.29 is 4.79 Å². The lowest BCUT2D eigenvalue weighted by Gasteiger charge is -2.15. The molecule has 0 saturated carbocycles. The van der Waals surface area contributed by atoms with Crippen LogP contribution < -0.4 is 5.73 Å². The second-order valence-electron chi connectivity index (χ2n) is 4.93. The maximum absolute atomic E-state index is 11.6. The lowest BCUT2D eigenvalue weighted by atomic mass is 9.91. The Labute approximate surface area is 94.6 Å². The molecule has 0 saturated heterocycles. The summed E-state index contributed by atoms with van der Waals surface area (Å²) in [4.78, 5) is 11.6. The van der Waals surface area contributed by atoms with Crippen molar-refractivity contribution in [1.29, 1.82) is 0 Å². The molecule has 0 aromatic heterocycles. The van der Waals surface area contributed by atoms with Gasteiger partial charge in [0.05, 0.1) is 0 Å². The first kappa shape index (κ1) is 14.6. The highest BCUT2D eigenvalue weighted by atomic mass is 16.1. The zero-order valence-corrected chi connectivity index (χ0v) is 10.6. The Morgan fingerprint density at radius 2 is 1.93 bits per heavy atom. The normalized spacial score (nSPS) is 13.1. The zero-order chi connectivity index (χ0) is 11.7. The summed E-state index contributed by atoms with van der Waals surface area (Å²) in [6.45, 7) is 7.18. The van der Waals surface area contributed by atoms with Crippen molar-refractivity contribution in [3.8, 4) is 0 Å². The van der Waals surface area contributed by atoms with E-state index in [2.05, 4.69) is 20.8 Å². The number of ketones is 1. The monoisotopic (exact) mass is 213 g/mol. The third kappa shape index (κ3) is 8.61. The van der Waals surface area contributed by atoms with E-state index in [1.165, 1.54) is 12.8 Å². The molecule has 0 aromatic rings. The van der Waals surface area contributed by atoms with Crippen molar-refractivity contribution in [2.75, 3.05) is 6.54 Å². The predicted octanol–water partition coefficient (Wildman–Crippen LogP) is 3.15. The molecular formula is C13H27NO.